The lowest BCUT2D eigenvalue weighted by Gasteiger charge is -2.32. The number of nitrogens with one attached hydrogen (secondary N) is 1. The van der Waals surface area contributed by atoms with Gasteiger partial charge in [0, 0.05) is 18.8 Å². The van der Waals surface area contributed by atoms with Gasteiger partial charge in [-0.25, -0.2) is 0 Å². The summed E-state index contributed by atoms with van der Waals surface area (Å²) in [4.78, 5) is 15.3. The van der Waals surface area contributed by atoms with Crippen molar-refractivity contribution in [3.63, 3.8) is 0 Å². The van der Waals surface area contributed by atoms with Crippen molar-refractivity contribution in [2.75, 3.05) is 18.0 Å². The zero-order valence-corrected chi connectivity index (χ0v) is 19.9. The van der Waals surface area contributed by atoms with Crippen LogP contribution < -0.4 is 15.0 Å². The highest BCUT2D eigenvalue weighted by atomic mass is 16.5. The van der Waals surface area contributed by atoms with Crippen LogP contribution in [-0.2, 0) is 4.79 Å². The predicted molar refractivity (Wildman–Crippen MR) is 129 cm³/mol. The molecule has 0 radical (unpaired) electrons. The number of aryl methyl sites for hydroxylation is 1. The molecule has 1 aliphatic heterocycles. The minimum absolute atomic E-state index is 0.0731. The number of anilines is 1. The monoisotopic (exact) mass is 422 g/mol. The van der Waals surface area contributed by atoms with Crippen LogP contribution in [0.3, 0.4) is 0 Å². The summed E-state index contributed by atoms with van der Waals surface area (Å²) in [7, 11) is 0. The first-order chi connectivity index (χ1) is 14.7. The summed E-state index contributed by atoms with van der Waals surface area (Å²) in [5, 5.41) is 3.11. The van der Waals surface area contributed by atoms with Crippen LogP contribution in [0.2, 0.25) is 0 Å². The van der Waals surface area contributed by atoms with Crippen LogP contribution in [0.4, 0.5) is 5.69 Å². The lowest BCUT2D eigenvalue weighted by Crippen LogP contribution is -2.38. The highest BCUT2D eigenvalue weighted by Gasteiger charge is 2.20. The van der Waals surface area contributed by atoms with E-state index >= 15 is 0 Å². The van der Waals surface area contributed by atoms with Crippen LogP contribution in [0.25, 0.3) is 0 Å². The number of hydrogen-bond donors (Lipinski definition) is 1. The third-order valence-electron chi connectivity index (χ3n) is 6.36. The van der Waals surface area contributed by atoms with Gasteiger partial charge < -0.3 is 15.0 Å². The van der Waals surface area contributed by atoms with Gasteiger partial charge in [-0.3, -0.25) is 4.79 Å². The summed E-state index contributed by atoms with van der Waals surface area (Å²) >= 11 is 0. The summed E-state index contributed by atoms with van der Waals surface area (Å²) in [6.07, 6.45) is 1.95. The largest absolute Gasteiger partial charge is 0.481 e. The van der Waals surface area contributed by atoms with Gasteiger partial charge in [0.25, 0.3) is 5.91 Å². The molecule has 0 saturated carbocycles. The Morgan fingerprint density at radius 1 is 1.03 bits per heavy atom. The second-order valence-electron chi connectivity index (χ2n) is 9.45. The molecule has 0 unspecified atom stereocenters. The number of benzene rings is 2. The second-order valence-corrected chi connectivity index (χ2v) is 9.45. The molecule has 4 heteroatoms. The molecule has 2 aromatic rings. The first-order valence-electron chi connectivity index (χ1n) is 11.7. The Bertz CT molecular complexity index is 867. The Morgan fingerprint density at radius 2 is 1.68 bits per heavy atom. The molecule has 0 aliphatic carbocycles. The fourth-order valence-electron chi connectivity index (χ4n) is 4.12. The van der Waals surface area contributed by atoms with Crippen LogP contribution in [0, 0.1) is 12.8 Å². The number of nitrogens with zero attached hydrogens (tertiary/aromatic N) is 1. The van der Waals surface area contributed by atoms with E-state index in [4.69, 9.17) is 4.74 Å². The third kappa shape index (κ3) is 6.03. The highest BCUT2D eigenvalue weighted by molar-refractivity contribution is 5.81. The molecule has 2 aromatic carbocycles. The van der Waals surface area contributed by atoms with E-state index in [9.17, 15) is 4.79 Å². The zero-order valence-electron chi connectivity index (χ0n) is 19.9. The number of rotatable bonds is 7. The van der Waals surface area contributed by atoms with E-state index in [1.165, 1.54) is 18.5 Å². The summed E-state index contributed by atoms with van der Waals surface area (Å²) in [5.74, 6) is 1.86. The summed E-state index contributed by atoms with van der Waals surface area (Å²) in [5.41, 5.74) is 4.63. The zero-order chi connectivity index (χ0) is 22.5. The molecule has 0 spiro atoms. The fourth-order valence-corrected chi connectivity index (χ4v) is 4.12. The van der Waals surface area contributed by atoms with Crippen LogP contribution >= 0.6 is 0 Å². The van der Waals surface area contributed by atoms with Crippen LogP contribution in [0.15, 0.2) is 42.5 Å². The molecule has 1 amide bonds. The molecule has 1 aliphatic rings. The maximum atomic E-state index is 12.8. The molecule has 1 heterocycles. The second kappa shape index (κ2) is 10.2. The molecular formula is C27H38N2O2. The Kier molecular flexibility index (Phi) is 7.64. The minimum Gasteiger partial charge on any atom is -0.481 e. The van der Waals surface area contributed by atoms with Crippen molar-refractivity contribution in [3.05, 3.63) is 59.2 Å². The van der Waals surface area contributed by atoms with Gasteiger partial charge in [-0.1, -0.05) is 45.0 Å². The van der Waals surface area contributed by atoms with Crippen molar-refractivity contribution in [2.24, 2.45) is 5.92 Å². The standard InChI is InChI=1S/C27H38N2O2/c1-18(2)25-12-7-20(4)17-26(25)31-22(6)27(30)28-21(5)23-8-10-24(11-9-23)29-15-13-19(3)14-16-29/h7-12,17-19,21-22H,13-16H2,1-6H3,(H,28,30)/t21-,22+/m1/s1. The topological polar surface area (TPSA) is 41.6 Å². The van der Waals surface area contributed by atoms with Crippen LogP contribution in [0.1, 0.15) is 76.1 Å². The molecule has 168 valence electrons. The lowest BCUT2D eigenvalue weighted by atomic mass is 9.98. The normalized spacial score (nSPS) is 16.8. The van der Waals surface area contributed by atoms with E-state index in [0.717, 1.165) is 41.4 Å². The molecule has 0 bridgehead atoms. The number of piperidine rings is 1. The number of carbonyl (C=O) groups is 1. The Labute approximate surface area is 188 Å². The van der Waals surface area contributed by atoms with Gasteiger partial charge in [-0.15, -0.1) is 0 Å². The van der Waals surface area contributed by atoms with Crippen molar-refractivity contribution >= 4 is 11.6 Å². The summed E-state index contributed by atoms with van der Waals surface area (Å²) in [6.45, 7) is 14.7. The first kappa shape index (κ1) is 23.2. The Morgan fingerprint density at radius 3 is 2.29 bits per heavy atom. The predicted octanol–water partition coefficient (Wildman–Crippen LogP) is 6.00. The quantitative estimate of drug-likeness (QED) is 0.595. The number of carbonyl (C=O) groups excluding carboxylic acids is 1. The molecule has 31 heavy (non-hydrogen) atoms. The van der Waals surface area contributed by atoms with Gasteiger partial charge in [-0.2, -0.15) is 0 Å². The molecule has 1 fully saturated rings. The number of hydrogen-bond acceptors (Lipinski definition) is 3. The van der Waals surface area contributed by atoms with Gasteiger partial charge >= 0.3 is 0 Å². The van der Waals surface area contributed by atoms with Crippen molar-refractivity contribution in [3.8, 4) is 5.75 Å². The van der Waals surface area contributed by atoms with Gasteiger partial charge in [-0.05, 0) is 80.3 Å². The van der Waals surface area contributed by atoms with E-state index in [2.05, 4.69) is 67.4 Å². The number of ether oxygens (including phenoxy) is 1. The van der Waals surface area contributed by atoms with Crippen LogP contribution in [0.5, 0.6) is 5.75 Å². The van der Waals surface area contributed by atoms with Gasteiger partial charge in [0.1, 0.15) is 5.75 Å². The average Bonchev–Trinajstić information content (AvgIpc) is 2.74. The molecule has 1 saturated heterocycles. The fraction of sp³-hybridized carbons (Fsp3) is 0.519. The number of amides is 1. The van der Waals surface area contributed by atoms with Gasteiger partial charge in [0.05, 0.1) is 6.04 Å². The molecule has 4 nitrogen and oxygen atoms in total. The van der Waals surface area contributed by atoms with Crippen molar-refractivity contribution in [1.29, 1.82) is 0 Å². The Hall–Kier alpha value is -2.49. The van der Waals surface area contributed by atoms with Crippen LogP contribution in [-0.4, -0.2) is 25.1 Å². The highest BCUT2D eigenvalue weighted by Crippen LogP contribution is 2.29. The SMILES string of the molecule is Cc1ccc(C(C)C)c(O[C@@H](C)C(=O)N[C@H](C)c2ccc(N3CCC(C)CC3)cc2)c1. The van der Waals surface area contributed by atoms with E-state index in [-0.39, 0.29) is 11.9 Å². The van der Waals surface area contributed by atoms with E-state index in [0.29, 0.717) is 5.92 Å². The molecule has 1 N–H and O–H groups in total. The minimum atomic E-state index is -0.559. The Balaban J connectivity index is 1.59. The van der Waals surface area contributed by atoms with E-state index < -0.39 is 6.10 Å². The lowest BCUT2D eigenvalue weighted by molar-refractivity contribution is -0.127. The average molecular weight is 423 g/mol. The molecule has 3 rings (SSSR count). The molecular weight excluding hydrogens is 384 g/mol. The maximum Gasteiger partial charge on any atom is 0.261 e. The summed E-state index contributed by atoms with van der Waals surface area (Å²) in [6, 6.07) is 14.7. The third-order valence-corrected chi connectivity index (χ3v) is 6.36. The van der Waals surface area contributed by atoms with Gasteiger partial charge in [0.2, 0.25) is 0 Å². The summed E-state index contributed by atoms with van der Waals surface area (Å²) < 4.78 is 6.07. The first-order valence-corrected chi connectivity index (χ1v) is 11.7. The van der Waals surface area contributed by atoms with Crippen molar-refractivity contribution < 1.29 is 9.53 Å². The molecule has 0 aromatic heterocycles. The van der Waals surface area contributed by atoms with Gasteiger partial charge in [0.15, 0.2) is 6.10 Å². The maximum absolute atomic E-state index is 12.8. The van der Waals surface area contributed by atoms with Crippen molar-refractivity contribution in [1.82, 2.24) is 5.32 Å². The van der Waals surface area contributed by atoms with Crippen molar-refractivity contribution in [2.45, 2.75) is 72.4 Å². The van der Waals surface area contributed by atoms with E-state index in [1.54, 1.807) is 0 Å². The van der Waals surface area contributed by atoms with E-state index in [1.807, 2.05) is 26.8 Å². The molecule has 2 atom stereocenters. The smallest absolute Gasteiger partial charge is 0.261 e.